The summed E-state index contributed by atoms with van der Waals surface area (Å²) in [5.74, 6) is -1.54. The van der Waals surface area contributed by atoms with E-state index in [4.69, 9.17) is 14.2 Å². The highest BCUT2D eigenvalue weighted by Crippen LogP contribution is 2.26. The second-order valence-electron chi connectivity index (χ2n) is 10.5. The topological polar surface area (TPSA) is 61.8 Å². The van der Waals surface area contributed by atoms with E-state index in [1.54, 1.807) is 12.1 Å². The minimum Gasteiger partial charge on any atom is -0.494 e. The van der Waals surface area contributed by atoms with Gasteiger partial charge in [0.2, 0.25) is 0 Å². The second kappa shape index (κ2) is 17.2. The predicted molar refractivity (Wildman–Crippen MR) is 161 cm³/mol. The first-order valence-electron chi connectivity index (χ1n) is 14.9. The fourth-order valence-corrected chi connectivity index (χ4v) is 4.32. The summed E-state index contributed by atoms with van der Waals surface area (Å²) >= 11 is 0. The van der Waals surface area contributed by atoms with E-state index in [-0.39, 0.29) is 29.4 Å². The van der Waals surface area contributed by atoms with Crippen LogP contribution in [0.5, 0.6) is 11.5 Å². The van der Waals surface area contributed by atoms with Gasteiger partial charge in [-0.25, -0.2) is 14.0 Å². The van der Waals surface area contributed by atoms with Gasteiger partial charge >= 0.3 is 11.9 Å². The highest BCUT2D eigenvalue weighted by atomic mass is 19.1. The maximum absolute atomic E-state index is 14.5. The number of halogens is 1. The summed E-state index contributed by atoms with van der Waals surface area (Å²) < 4.78 is 31.0. The lowest BCUT2D eigenvalue weighted by molar-refractivity contribution is 0.0436. The van der Waals surface area contributed by atoms with E-state index in [2.05, 4.69) is 6.92 Å². The van der Waals surface area contributed by atoms with Crippen molar-refractivity contribution in [1.82, 2.24) is 0 Å². The van der Waals surface area contributed by atoms with Crippen LogP contribution in [0, 0.1) is 11.7 Å². The van der Waals surface area contributed by atoms with Gasteiger partial charge in [0.1, 0.15) is 22.9 Å². The molecule has 1 atom stereocenters. The largest absolute Gasteiger partial charge is 0.494 e. The molecule has 0 heterocycles. The van der Waals surface area contributed by atoms with Crippen LogP contribution >= 0.6 is 0 Å². The van der Waals surface area contributed by atoms with E-state index >= 15 is 0 Å². The third-order valence-electron chi connectivity index (χ3n) is 7.15. The van der Waals surface area contributed by atoms with Crippen molar-refractivity contribution in [2.24, 2.45) is 5.92 Å². The highest BCUT2D eigenvalue weighted by Gasteiger charge is 2.22. The summed E-state index contributed by atoms with van der Waals surface area (Å²) in [6.45, 7) is 7.02. The van der Waals surface area contributed by atoms with Gasteiger partial charge in [-0.1, -0.05) is 102 Å². The summed E-state index contributed by atoms with van der Waals surface area (Å²) in [4.78, 5) is 25.3. The summed E-state index contributed by atoms with van der Waals surface area (Å²) in [6.07, 6.45) is 11.0. The van der Waals surface area contributed by atoms with Crippen molar-refractivity contribution >= 4 is 11.9 Å². The van der Waals surface area contributed by atoms with Crippen LogP contribution in [0.25, 0.3) is 11.1 Å². The number of ether oxygens (including phenoxy) is 3. The van der Waals surface area contributed by atoms with E-state index in [9.17, 15) is 14.0 Å². The maximum atomic E-state index is 14.5. The molecule has 6 heteroatoms. The Morgan fingerprint density at radius 3 is 2.00 bits per heavy atom. The first kappa shape index (κ1) is 31.9. The number of benzene rings is 3. The molecule has 0 aliphatic carbocycles. The first-order chi connectivity index (χ1) is 19.9. The number of carbonyl (C=O) groups excluding carboxylic acids is 2. The van der Waals surface area contributed by atoms with Crippen molar-refractivity contribution in [2.45, 2.75) is 78.6 Å². The van der Waals surface area contributed by atoms with E-state index in [1.807, 2.05) is 50.2 Å². The van der Waals surface area contributed by atoms with Crippen molar-refractivity contribution in [3.05, 3.63) is 83.7 Å². The molecule has 1 unspecified atom stereocenters. The van der Waals surface area contributed by atoms with Crippen LogP contribution in [0.2, 0.25) is 0 Å². The monoisotopic (exact) mass is 562 g/mol. The van der Waals surface area contributed by atoms with Crippen molar-refractivity contribution in [2.75, 3.05) is 13.2 Å². The SMILES string of the molecule is CCCCCCCCCCOc1ccc(-c2ccc(C(=O)Oc3cccc(F)c3C(=O)OCC(C)CC)cc2)cc1. The van der Waals surface area contributed by atoms with E-state index in [1.165, 1.54) is 57.1 Å². The van der Waals surface area contributed by atoms with Gasteiger partial charge in [0, 0.05) is 0 Å². The van der Waals surface area contributed by atoms with Gasteiger partial charge in [0.25, 0.3) is 0 Å². The molecule has 3 aromatic rings. The third-order valence-corrected chi connectivity index (χ3v) is 7.15. The Bertz CT molecular complexity index is 1220. The van der Waals surface area contributed by atoms with Gasteiger partial charge in [-0.15, -0.1) is 0 Å². The molecular formula is C35H43FO5. The second-order valence-corrected chi connectivity index (χ2v) is 10.5. The van der Waals surface area contributed by atoms with Gasteiger partial charge < -0.3 is 14.2 Å². The molecular weight excluding hydrogens is 519 g/mol. The highest BCUT2D eigenvalue weighted by molar-refractivity contribution is 5.96. The van der Waals surface area contributed by atoms with Crippen molar-refractivity contribution < 1.29 is 28.2 Å². The van der Waals surface area contributed by atoms with Crippen molar-refractivity contribution in [3.63, 3.8) is 0 Å². The molecule has 0 radical (unpaired) electrons. The molecule has 3 aromatic carbocycles. The van der Waals surface area contributed by atoms with Gasteiger partial charge in [0.05, 0.1) is 18.8 Å². The minimum atomic E-state index is -0.855. The Balaban J connectivity index is 1.52. The number of unbranched alkanes of at least 4 members (excludes halogenated alkanes) is 7. The molecule has 0 aliphatic heterocycles. The third kappa shape index (κ3) is 10.3. The van der Waals surface area contributed by atoms with E-state index in [0.717, 1.165) is 35.8 Å². The maximum Gasteiger partial charge on any atom is 0.344 e. The van der Waals surface area contributed by atoms with Crippen LogP contribution in [0.1, 0.15) is 99.3 Å². The quantitative estimate of drug-likeness (QED) is 0.0931. The lowest BCUT2D eigenvalue weighted by Crippen LogP contribution is -2.16. The van der Waals surface area contributed by atoms with Crippen LogP contribution in [-0.4, -0.2) is 25.2 Å². The molecule has 0 amide bonds. The Hall–Kier alpha value is -3.67. The zero-order valence-corrected chi connectivity index (χ0v) is 24.6. The molecule has 0 aliphatic rings. The number of carbonyl (C=O) groups is 2. The van der Waals surface area contributed by atoms with E-state index < -0.39 is 17.8 Å². The fraction of sp³-hybridized carbons (Fsp3) is 0.429. The summed E-state index contributed by atoms with van der Waals surface area (Å²) in [6, 6.07) is 18.7. The first-order valence-corrected chi connectivity index (χ1v) is 14.9. The Morgan fingerprint density at radius 2 is 1.37 bits per heavy atom. The smallest absolute Gasteiger partial charge is 0.344 e. The molecule has 0 fully saturated rings. The molecule has 41 heavy (non-hydrogen) atoms. The standard InChI is InChI=1S/C35H43FO5/c1-4-6-7-8-9-10-11-12-24-39-30-22-20-28(21-23-30)27-16-18-29(19-17-27)34(37)41-32-15-13-14-31(36)33(32)35(38)40-25-26(3)5-2/h13-23,26H,4-12,24-25H2,1-3H3. The Labute approximate surface area is 244 Å². The van der Waals surface area contributed by atoms with Crippen LogP contribution < -0.4 is 9.47 Å². The van der Waals surface area contributed by atoms with Gasteiger partial charge in [-0.3, -0.25) is 0 Å². The molecule has 0 saturated heterocycles. The molecule has 0 saturated carbocycles. The predicted octanol–water partition coefficient (Wildman–Crippen LogP) is 9.43. The number of hydrogen-bond donors (Lipinski definition) is 0. The molecule has 220 valence electrons. The number of hydrogen-bond acceptors (Lipinski definition) is 5. The number of esters is 2. The van der Waals surface area contributed by atoms with Gasteiger partial charge in [0.15, 0.2) is 0 Å². The van der Waals surface area contributed by atoms with Crippen LogP contribution in [0.15, 0.2) is 66.7 Å². The zero-order valence-electron chi connectivity index (χ0n) is 24.6. The molecule has 0 aromatic heterocycles. The lowest BCUT2D eigenvalue weighted by Gasteiger charge is -2.13. The molecule has 5 nitrogen and oxygen atoms in total. The molecule has 0 bridgehead atoms. The van der Waals surface area contributed by atoms with Crippen molar-refractivity contribution in [3.8, 4) is 22.6 Å². The Morgan fingerprint density at radius 1 is 0.756 bits per heavy atom. The normalized spacial score (nSPS) is 11.6. The molecule has 0 N–H and O–H groups in total. The fourth-order valence-electron chi connectivity index (χ4n) is 4.32. The van der Waals surface area contributed by atoms with Crippen LogP contribution in [-0.2, 0) is 4.74 Å². The lowest BCUT2D eigenvalue weighted by atomic mass is 10.0. The molecule has 3 rings (SSSR count). The minimum absolute atomic E-state index is 0.138. The van der Waals surface area contributed by atoms with E-state index in [0.29, 0.717) is 6.61 Å². The summed E-state index contributed by atoms with van der Waals surface area (Å²) in [5, 5.41) is 0. The molecule has 0 spiro atoms. The van der Waals surface area contributed by atoms with Gasteiger partial charge in [-0.2, -0.15) is 0 Å². The number of rotatable bonds is 17. The van der Waals surface area contributed by atoms with Crippen LogP contribution in [0.3, 0.4) is 0 Å². The van der Waals surface area contributed by atoms with Crippen LogP contribution in [0.4, 0.5) is 4.39 Å². The van der Waals surface area contributed by atoms with Gasteiger partial charge in [-0.05, 0) is 59.9 Å². The van der Waals surface area contributed by atoms with Crippen molar-refractivity contribution in [1.29, 1.82) is 0 Å². The average molecular weight is 563 g/mol. The summed E-state index contributed by atoms with van der Waals surface area (Å²) in [7, 11) is 0. The zero-order chi connectivity index (χ0) is 29.5. The average Bonchev–Trinajstić information content (AvgIpc) is 2.99. The Kier molecular flexibility index (Phi) is 13.4. The summed E-state index contributed by atoms with van der Waals surface area (Å²) in [5.41, 5.74) is 1.81.